The quantitative estimate of drug-likeness (QED) is 0.645. The molecule has 0 radical (unpaired) electrons. The molecule has 0 heterocycles. The van der Waals surface area contributed by atoms with Crippen molar-refractivity contribution in [2.45, 2.75) is 46.1 Å². The van der Waals surface area contributed by atoms with Gasteiger partial charge in [0, 0.05) is 19.2 Å². The van der Waals surface area contributed by atoms with Crippen molar-refractivity contribution in [3.63, 3.8) is 0 Å². The molecule has 0 amide bonds. The molecule has 1 aromatic rings. The Morgan fingerprint density at radius 3 is 2.50 bits per heavy atom. The molecule has 0 aliphatic carbocycles. The number of ether oxygens (including phenoxy) is 1. The summed E-state index contributed by atoms with van der Waals surface area (Å²) in [6, 6.07) is 7.10. The maximum Gasteiger partial charge on any atom is 0.123 e. The van der Waals surface area contributed by atoms with E-state index in [9.17, 15) is 4.39 Å². The molecule has 2 nitrogen and oxygen atoms in total. The second kappa shape index (κ2) is 9.89. The van der Waals surface area contributed by atoms with E-state index in [-0.39, 0.29) is 11.9 Å². The molecule has 1 N–H and O–H groups in total. The lowest BCUT2D eigenvalue weighted by molar-refractivity contribution is 0.109. The number of halogens is 1. The van der Waals surface area contributed by atoms with E-state index in [1.807, 2.05) is 12.1 Å². The molecule has 1 atom stereocenters. The summed E-state index contributed by atoms with van der Waals surface area (Å²) in [6.07, 6.45) is 3.41. The Bertz CT molecular complexity index is 351. The normalized spacial score (nSPS) is 12.8. The topological polar surface area (TPSA) is 21.3 Å². The van der Waals surface area contributed by atoms with E-state index < -0.39 is 0 Å². The third-order valence-electron chi connectivity index (χ3n) is 3.21. The van der Waals surface area contributed by atoms with Crippen LogP contribution in [0.2, 0.25) is 0 Å². The first-order valence-corrected chi connectivity index (χ1v) is 7.70. The number of hydrogen-bond acceptors (Lipinski definition) is 2. The standard InChI is InChI=1S/C17H28FNO/c1-4-5-6-17(15-7-9-16(18)10-8-15)19-11-12-20-13-14(2)3/h7-10,14,17,19H,4-6,11-13H2,1-3H3. The van der Waals surface area contributed by atoms with E-state index in [4.69, 9.17) is 4.74 Å². The van der Waals surface area contributed by atoms with Crippen LogP contribution in [0.5, 0.6) is 0 Å². The van der Waals surface area contributed by atoms with Crippen LogP contribution in [0, 0.1) is 11.7 Å². The number of benzene rings is 1. The van der Waals surface area contributed by atoms with Gasteiger partial charge >= 0.3 is 0 Å². The average Bonchev–Trinajstić information content (AvgIpc) is 2.42. The van der Waals surface area contributed by atoms with E-state index in [0.717, 1.165) is 31.7 Å². The fraction of sp³-hybridized carbons (Fsp3) is 0.647. The SMILES string of the molecule is CCCCC(NCCOCC(C)C)c1ccc(F)cc1. The second-order valence-corrected chi connectivity index (χ2v) is 5.67. The molecule has 3 heteroatoms. The van der Waals surface area contributed by atoms with Crippen molar-refractivity contribution in [1.82, 2.24) is 5.32 Å². The molecule has 114 valence electrons. The van der Waals surface area contributed by atoms with Crippen LogP contribution in [0.1, 0.15) is 51.6 Å². The summed E-state index contributed by atoms with van der Waals surface area (Å²) < 4.78 is 18.6. The largest absolute Gasteiger partial charge is 0.380 e. The van der Waals surface area contributed by atoms with E-state index in [1.54, 1.807) is 0 Å². The van der Waals surface area contributed by atoms with Crippen molar-refractivity contribution >= 4 is 0 Å². The van der Waals surface area contributed by atoms with Crippen LogP contribution >= 0.6 is 0 Å². The molecule has 0 spiro atoms. The van der Waals surface area contributed by atoms with Gasteiger partial charge < -0.3 is 10.1 Å². The average molecular weight is 281 g/mol. The minimum Gasteiger partial charge on any atom is -0.380 e. The molecule has 0 fully saturated rings. The van der Waals surface area contributed by atoms with Crippen LogP contribution in [0.25, 0.3) is 0 Å². The van der Waals surface area contributed by atoms with E-state index >= 15 is 0 Å². The zero-order valence-corrected chi connectivity index (χ0v) is 13.0. The van der Waals surface area contributed by atoms with Gasteiger partial charge in [-0.25, -0.2) is 4.39 Å². The molecule has 0 aliphatic rings. The molecule has 1 aromatic carbocycles. The lowest BCUT2D eigenvalue weighted by atomic mass is 10.0. The van der Waals surface area contributed by atoms with Crippen molar-refractivity contribution in [1.29, 1.82) is 0 Å². The van der Waals surface area contributed by atoms with Crippen LogP contribution < -0.4 is 5.32 Å². The monoisotopic (exact) mass is 281 g/mol. The minimum atomic E-state index is -0.178. The van der Waals surface area contributed by atoms with Crippen LogP contribution in [0.15, 0.2) is 24.3 Å². The van der Waals surface area contributed by atoms with Crippen molar-refractivity contribution in [3.05, 3.63) is 35.6 Å². The summed E-state index contributed by atoms with van der Waals surface area (Å²) in [5.74, 6) is 0.395. The fourth-order valence-corrected chi connectivity index (χ4v) is 2.11. The molecule has 20 heavy (non-hydrogen) atoms. The molecular weight excluding hydrogens is 253 g/mol. The van der Waals surface area contributed by atoms with Gasteiger partial charge in [-0.3, -0.25) is 0 Å². The highest BCUT2D eigenvalue weighted by Gasteiger charge is 2.10. The van der Waals surface area contributed by atoms with Gasteiger partial charge in [-0.15, -0.1) is 0 Å². The lowest BCUT2D eigenvalue weighted by Gasteiger charge is -2.19. The number of unbranched alkanes of at least 4 members (excludes halogenated alkanes) is 1. The predicted molar refractivity (Wildman–Crippen MR) is 82.3 cm³/mol. The Kier molecular flexibility index (Phi) is 8.47. The lowest BCUT2D eigenvalue weighted by Crippen LogP contribution is -2.26. The number of rotatable bonds is 10. The van der Waals surface area contributed by atoms with Gasteiger partial charge in [0.15, 0.2) is 0 Å². The van der Waals surface area contributed by atoms with Crippen molar-refractivity contribution in [2.75, 3.05) is 19.8 Å². The maximum absolute atomic E-state index is 13.0. The molecular formula is C17H28FNO. The van der Waals surface area contributed by atoms with Gasteiger partial charge in [-0.1, -0.05) is 45.7 Å². The third-order valence-corrected chi connectivity index (χ3v) is 3.21. The highest BCUT2D eigenvalue weighted by Crippen LogP contribution is 2.19. The Morgan fingerprint density at radius 2 is 1.90 bits per heavy atom. The number of nitrogens with one attached hydrogen (secondary N) is 1. The maximum atomic E-state index is 13.0. The fourth-order valence-electron chi connectivity index (χ4n) is 2.11. The van der Waals surface area contributed by atoms with E-state index in [1.165, 1.54) is 25.0 Å². The molecule has 1 unspecified atom stereocenters. The van der Waals surface area contributed by atoms with E-state index in [0.29, 0.717) is 5.92 Å². The zero-order valence-electron chi connectivity index (χ0n) is 13.0. The minimum absolute atomic E-state index is 0.178. The molecule has 0 aliphatic heterocycles. The molecule has 0 aromatic heterocycles. The Morgan fingerprint density at radius 1 is 1.20 bits per heavy atom. The molecule has 0 saturated heterocycles. The summed E-state index contributed by atoms with van der Waals surface area (Å²) in [7, 11) is 0. The first-order chi connectivity index (χ1) is 9.63. The van der Waals surface area contributed by atoms with E-state index in [2.05, 4.69) is 26.1 Å². The first kappa shape index (κ1) is 17.1. The van der Waals surface area contributed by atoms with Gasteiger partial charge in [-0.2, -0.15) is 0 Å². The predicted octanol–water partition coefficient (Wildman–Crippen LogP) is 4.32. The van der Waals surface area contributed by atoms with Crippen molar-refractivity contribution in [3.8, 4) is 0 Å². The van der Waals surface area contributed by atoms with Gasteiger partial charge in [0.2, 0.25) is 0 Å². The third kappa shape index (κ3) is 7.01. The highest BCUT2D eigenvalue weighted by molar-refractivity contribution is 5.19. The summed E-state index contributed by atoms with van der Waals surface area (Å²) in [4.78, 5) is 0. The van der Waals surface area contributed by atoms with Crippen LogP contribution in [0.3, 0.4) is 0 Å². The molecule has 1 rings (SSSR count). The van der Waals surface area contributed by atoms with Crippen LogP contribution in [-0.2, 0) is 4.74 Å². The Hall–Kier alpha value is -0.930. The smallest absolute Gasteiger partial charge is 0.123 e. The van der Waals surface area contributed by atoms with Crippen molar-refractivity contribution < 1.29 is 9.13 Å². The van der Waals surface area contributed by atoms with Gasteiger partial charge in [-0.05, 0) is 30.0 Å². The summed E-state index contributed by atoms with van der Waals surface area (Å²) in [6.45, 7) is 8.85. The molecule has 0 saturated carbocycles. The first-order valence-electron chi connectivity index (χ1n) is 7.70. The molecule has 0 bridgehead atoms. The second-order valence-electron chi connectivity index (χ2n) is 5.67. The number of hydrogen-bond donors (Lipinski definition) is 1. The van der Waals surface area contributed by atoms with Crippen LogP contribution in [0.4, 0.5) is 4.39 Å². The summed E-state index contributed by atoms with van der Waals surface area (Å²) >= 11 is 0. The highest BCUT2D eigenvalue weighted by atomic mass is 19.1. The Balaban J connectivity index is 2.41. The summed E-state index contributed by atoms with van der Waals surface area (Å²) in [5, 5.41) is 3.52. The van der Waals surface area contributed by atoms with Gasteiger partial charge in [0.05, 0.1) is 6.61 Å². The van der Waals surface area contributed by atoms with Crippen LogP contribution in [-0.4, -0.2) is 19.8 Å². The van der Waals surface area contributed by atoms with Gasteiger partial charge in [0.25, 0.3) is 0 Å². The van der Waals surface area contributed by atoms with Crippen molar-refractivity contribution in [2.24, 2.45) is 5.92 Å². The zero-order chi connectivity index (χ0) is 14.8. The summed E-state index contributed by atoms with van der Waals surface area (Å²) in [5.41, 5.74) is 1.16. The Labute approximate surface area is 122 Å². The van der Waals surface area contributed by atoms with Gasteiger partial charge in [0.1, 0.15) is 5.82 Å².